The van der Waals surface area contributed by atoms with Gasteiger partial charge in [-0.1, -0.05) is 0 Å². The van der Waals surface area contributed by atoms with Crippen molar-refractivity contribution in [3.05, 3.63) is 18.0 Å². The van der Waals surface area contributed by atoms with Crippen LogP contribution in [0.4, 0.5) is 0 Å². The van der Waals surface area contributed by atoms with Gasteiger partial charge in [-0.15, -0.1) is 0 Å². The summed E-state index contributed by atoms with van der Waals surface area (Å²) < 4.78 is 1.89. The molecule has 0 radical (unpaired) electrons. The van der Waals surface area contributed by atoms with Crippen LogP contribution < -0.4 is 11.1 Å². The molecule has 94 valence electrons. The summed E-state index contributed by atoms with van der Waals surface area (Å²) in [5.41, 5.74) is 6.53. The van der Waals surface area contributed by atoms with Gasteiger partial charge in [0.05, 0.1) is 6.20 Å². The molecule has 3 N–H and O–H groups in total. The predicted octanol–water partition coefficient (Wildman–Crippen LogP) is -0.838. The van der Waals surface area contributed by atoms with Crippen LogP contribution in [-0.4, -0.2) is 46.3 Å². The van der Waals surface area contributed by atoms with Crippen molar-refractivity contribution >= 4 is 5.91 Å². The lowest BCUT2D eigenvalue weighted by atomic mass is 10.1. The Morgan fingerprint density at radius 2 is 2.53 bits per heavy atom. The van der Waals surface area contributed by atoms with Crippen LogP contribution in [0.3, 0.4) is 0 Å². The molecule has 1 aromatic heterocycles. The third kappa shape index (κ3) is 2.83. The summed E-state index contributed by atoms with van der Waals surface area (Å²) in [6, 6.07) is -0.214. The van der Waals surface area contributed by atoms with Crippen LogP contribution in [0, 0.1) is 0 Å². The highest BCUT2D eigenvalue weighted by Crippen LogP contribution is 2.09. The van der Waals surface area contributed by atoms with Crippen molar-refractivity contribution in [2.75, 3.05) is 19.6 Å². The fourth-order valence-corrected chi connectivity index (χ4v) is 2.11. The molecule has 1 unspecified atom stereocenters. The van der Waals surface area contributed by atoms with Crippen molar-refractivity contribution < 1.29 is 4.79 Å². The summed E-state index contributed by atoms with van der Waals surface area (Å²) in [5, 5.41) is 7.41. The Labute approximate surface area is 101 Å². The molecule has 1 aliphatic rings. The third-order valence-corrected chi connectivity index (χ3v) is 3.08. The van der Waals surface area contributed by atoms with Crippen molar-refractivity contribution in [3.63, 3.8) is 0 Å². The second kappa shape index (κ2) is 5.29. The van der Waals surface area contributed by atoms with Crippen LogP contribution in [0.5, 0.6) is 0 Å². The molecule has 0 aromatic carbocycles. The minimum absolute atomic E-state index is 0.214. The maximum atomic E-state index is 11.3. The van der Waals surface area contributed by atoms with E-state index in [4.69, 9.17) is 5.73 Å². The number of hydrogen-bond acceptors (Lipinski definition) is 4. The molecule has 1 aliphatic heterocycles. The fourth-order valence-electron chi connectivity index (χ4n) is 2.11. The summed E-state index contributed by atoms with van der Waals surface area (Å²) in [4.78, 5) is 13.4. The first-order valence-corrected chi connectivity index (χ1v) is 5.96. The number of aromatic nitrogens is 2. The average molecular weight is 237 g/mol. The van der Waals surface area contributed by atoms with Gasteiger partial charge in [0, 0.05) is 44.5 Å². The number of rotatable bonds is 4. The number of nitrogens with one attached hydrogen (secondary N) is 1. The van der Waals surface area contributed by atoms with E-state index in [1.807, 2.05) is 24.0 Å². The Hall–Kier alpha value is -1.40. The number of nitrogens with two attached hydrogens (primary N) is 1. The quantitative estimate of drug-likeness (QED) is 0.716. The molecule has 1 aromatic rings. The Morgan fingerprint density at radius 3 is 3.18 bits per heavy atom. The van der Waals surface area contributed by atoms with E-state index in [1.165, 1.54) is 0 Å². The van der Waals surface area contributed by atoms with E-state index in [2.05, 4.69) is 15.3 Å². The molecule has 0 saturated carbocycles. The van der Waals surface area contributed by atoms with Crippen molar-refractivity contribution in [3.8, 4) is 0 Å². The van der Waals surface area contributed by atoms with Crippen LogP contribution in [0.15, 0.2) is 12.4 Å². The smallest absolute Gasteiger partial charge is 0.236 e. The van der Waals surface area contributed by atoms with Crippen molar-refractivity contribution in [1.29, 1.82) is 0 Å². The predicted molar refractivity (Wildman–Crippen MR) is 64.2 cm³/mol. The lowest BCUT2D eigenvalue weighted by Crippen LogP contribution is -2.56. The zero-order valence-corrected chi connectivity index (χ0v) is 10.1. The Bertz CT molecular complexity index is 389. The minimum Gasteiger partial charge on any atom is -0.368 e. The lowest BCUT2D eigenvalue weighted by molar-refractivity contribution is -0.124. The first kappa shape index (κ1) is 12.1. The molecular formula is C11H19N5O. The number of nitrogens with zero attached hydrogens (tertiary/aromatic N) is 3. The van der Waals surface area contributed by atoms with Gasteiger partial charge in [0.1, 0.15) is 6.04 Å². The normalized spacial score (nSPS) is 21.6. The van der Waals surface area contributed by atoms with E-state index >= 15 is 0 Å². The standard InChI is InChI=1S/C11H19N5O/c1-2-16-8-9(5-14-16)7-15-4-3-13-6-10(15)11(12)17/h5,8,10,13H,2-4,6-7H2,1H3,(H2,12,17). The summed E-state index contributed by atoms with van der Waals surface area (Å²) in [7, 11) is 0. The maximum Gasteiger partial charge on any atom is 0.236 e. The Kier molecular flexibility index (Phi) is 3.75. The zero-order valence-electron chi connectivity index (χ0n) is 10.1. The van der Waals surface area contributed by atoms with Gasteiger partial charge in [-0.3, -0.25) is 14.4 Å². The molecule has 1 saturated heterocycles. The van der Waals surface area contributed by atoms with Gasteiger partial charge in [0.15, 0.2) is 0 Å². The summed E-state index contributed by atoms with van der Waals surface area (Å²) in [6.45, 7) is 6.01. The van der Waals surface area contributed by atoms with E-state index in [-0.39, 0.29) is 11.9 Å². The Balaban J connectivity index is 2.02. The molecule has 2 heterocycles. The van der Waals surface area contributed by atoms with Crippen LogP contribution >= 0.6 is 0 Å². The first-order valence-electron chi connectivity index (χ1n) is 5.96. The van der Waals surface area contributed by atoms with Gasteiger partial charge >= 0.3 is 0 Å². The second-order valence-corrected chi connectivity index (χ2v) is 4.30. The number of carbonyl (C=O) groups excluding carboxylic acids is 1. The number of carbonyl (C=O) groups is 1. The van der Waals surface area contributed by atoms with E-state index in [0.717, 1.165) is 31.7 Å². The second-order valence-electron chi connectivity index (χ2n) is 4.30. The number of amides is 1. The van der Waals surface area contributed by atoms with Crippen molar-refractivity contribution in [2.45, 2.75) is 26.1 Å². The molecule has 1 amide bonds. The highest BCUT2D eigenvalue weighted by molar-refractivity contribution is 5.80. The highest BCUT2D eigenvalue weighted by Gasteiger charge is 2.26. The molecule has 0 spiro atoms. The van der Waals surface area contributed by atoms with Crippen LogP contribution in [0.25, 0.3) is 0 Å². The SMILES string of the molecule is CCn1cc(CN2CCNCC2C(N)=O)cn1. The van der Waals surface area contributed by atoms with Gasteiger partial charge in [-0.05, 0) is 6.92 Å². The molecule has 0 aliphatic carbocycles. The molecule has 17 heavy (non-hydrogen) atoms. The maximum absolute atomic E-state index is 11.3. The first-order chi connectivity index (χ1) is 8.20. The summed E-state index contributed by atoms with van der Waals surface area (Å²) >= 11 is 0. The van der Waals surface area contributed by atoms with Crippen molar-refractivity contribution in [1.82, 2.24) is 20.0 Å². The monoisotopic (exact) mass is 237 g/mol. The average Bonchev–Trinajstić information content (AvgIpc) is 2.77. The minimum atomic E-state index is -0.264. The fraction of sp³-hybridized carbons (Fsp3) is 0.636. The summed E-state index contributed by atoms with van der Waals surface area (Å²) in [5.74, 6) is -0.264. The number of hydrogen-bond donors (Lipinski definition) is 2. The van der Waals surface area contributed by atoms with Gasteiger partial charge in [0.25, 0.3) is 0 Å². The Morgan fingerprint density at radius 1 is 1.71 bits per heavy atom. The van der Waals surface area contributed by atoms with Gasteiger partial charge < -0.3 is 11.1 Å². The third-order valence-electron chi connectivity index (χ3n) is 3.08. The van der Waals surface area contributed by atoms with Gasteiger partial charge in [0.2, 0.25) is 5.91 Å². The van der Waals surface area contributed by atoms with E-state index in [9.17, 15) is 4.79 Å². The van der Waals surface area contributed by atoms with E-state index in [1.54, 1.807) is 0 Å². The van der Waals surface area contributed by atoms with Crippen LogP contribution in [0.2, 0.25) is 0 Å². The van der Waals surface area contributed by atoms with Gasteiger partial charge in [-0.25, -0.2) is 0 Å². The number of aryl methyl sites for hydroxylation is 1. The lowest BCUT2D eigenvalue weighted by Gasteiger charge is -2.33. The topological polar surface area (TPSA) is 76.2 Å². The van der Waals surface area contributed by atoms with Gasteiger partial charge in [-0.2, -0.15) is 5.10 Å². The highest BCUT2D eigenvalue weighted by atomic mass is 16.1. The molecule has 6 nitrogen and oxygen atoms in total. The largest absolute Gasteiger partial charge is 0.368 e. The van der Waals surface area contributed by atoms with E-state index < -0.39 is 0 Å². The van der Waals surface area contributed by atoms with Crippen molar-refractivity contribution in [2.24, 2.45) is 5.73 Å². The molecule has 1 atom stereocenters. The molecule has 0 bridgehead atoms. The molecule has 1 fully saturated rings. The molecule has 6 heteroatoms. The van der Waals surface area contributed by atoms with Crippen LogP contribution in [-0.2, 0) is 17.9 Å². The molecule has 2 rings (SSSR count). The van der Waals surface area contributed by atoms with E-state index in [0.29, 0.717) is 6.54 Å². The summed E-state index contributed by atoms with van der Waals surface area (Å²) in [6.07, 6.45) is 3.86. The zero-order chi connectivity index (χ0) is 12.3. The van der Waals surface area contributed by atoms with Crippen LogP contribution in [0.1, 0.15) is 12.5 Å². The molecular weight excluding hydrogens is 218 g/mol. The number of piperazine rings is 1. The number of primary amides is 1.